The van der Waals surface area contributed by atoms with Gasteiger partial charge in [-0.3, -0.25) is 19.9 Å². The molecule has 0 saturated carbocycles. The zero-order valence-corrected chi connectivity index (χ0v) is 25.3. The molecule has 0 saturated heterocycles. The van der Waals surface area contributed by atoms with Crippen molar-refractivity contribution in [3.05, 3.63) is 84.6 Å². The van der Waals surface area contributed by atoms with E-state index in [0.717, 1.165) is 38.6 Å². The predicted molar refractivity (Wildman–Crippen MR) is 171 cm³/mol. The highest BCUT2D eigenvalue weighted by molar-refractivity contribution is 7.90. The average Bonchev–Trinajstić information content (AvgIpc) is 3.59. The van der Waals surface area contributed by atoms with Crippen LogP contribution in [0.5, 0.6) is 0 Å². The number of hydrogen-bond acceptors (Lipinski definition) is 6. The van der Waals surface area contributed by atoms with Crippen molar-refractivity contribution < 1.29 is 17.6 Å². The molecule has 0 radical (unpaired) electrons. The summed E-state index contributed by atoms with van der Waals surface area (Å²) in [7, 11) is -3.18. The van der Waals surface area contributed by atoms with Gasteiger partial charge in [0.1, 0.15) is 21.3 Å². The standard InChI is InChI=1S/C33H31FN6O3S/c1-19(2)9-32(41)37-24-13-22(16-35-17-24)29-15-27-31(18-36-29)39-40-33(27)30-14-26-25(5-4-6-28(26)38-30)21-10-20(11-23(34)12-21)7-8-44(3,42)43/h4-6,10-19,38H,7-9H2,1-3H3,(H,37,41)(H,39,40). The molecular weight excluding hydrogens is 579 g/mol. The van der Waals surface area contributed by atoms with Crippen LogP contribution >= 0.6 is 0 Å². The predicted octanol–water partition coefficient (Wildman–Crippen LogP) is 6.55. The average molecular weight is 611 g/mol. The van der Waals surface area contributed by atoms with Crippen LogP contribution in [-0.4, -0.2) is 51.5 Å². The lowest BCUT2D eigenvalue weighted by Gasteiger charge is -2.08. The minimum atomic E-state index is -3.18. The number of pyridine rings is 2. The van der Waals surface area contributed by atoms with E-state index in [-0.39, 0.29) is 24.0 Å². The fourth-order valence-electron chi connectivity index (χ4n) is 5.30. The minimum Gasteiger partial charge on any atom is -0.353 e. The number of benzene rings is 2. The summed E-state index contributed by atoms with van der Waals surface area (Å²) in [6, 6.07) is 16.2. The third-order valence-electron chi connectivity index (χ3n) is 7.31. The lowest BCUT2D eigenvalue weighted by atomic mass is 9.98. The van der Waals surface area contributed by atoms with E-state index in [1.807, 2.05) is 56.3 Å². The van der Waals surface area contributed by atoms with Crippen LogP contribution in [0, 0.1) is 11.7 Å². The second-order valence-corrected chi connectivity index (χ2v) is 13.7. The Morgan fingerprint density at radius 3 is 2.61 bits per heavy atom. The van der Waals surface area contributed by atoms with Crippen molar-refractivity contribution in [2.75, 3.05) is 17.3 Å². The molecule has 0 aliphatic carbocycles. The Morgan fingerprint density at radius 2 is 1.82 bits per heavy atom. The molecule has 0 bridgehead atoms. The maximum Gasteiger partial charge on any atom is 0.224 e. The van der Waals surface area contributed by atoms with Crippen LogP contribution in [-0.2, 0) is 21.1 Å². The van der Waals surface area contributed by atoms with Crippen molar-refractivity contribution in [2.45, 2.75) is 26.7 Å². The molecule has 0 aliphatic rings. The molecule has 6 aromatic rings. The van der Waals surface area contributed by atoms with E-state index in [1.165, 1.54) is 18.4 Å². The minimum absolute atomic E-state index is 0.0510. The number of sulfone groups is 1. The molecule has 4 heterocycles. The Labute approximate surface area is 253 Å². The smallest absolute Gasteiger partial charge is 0.224 e. The van der Waals surface area contributed by atoms with Gasteiger partial charge >= 0.3 is 0 Å². The van der Waals surface area contributed by atoms with Crippen LogP contribution < -0.4 is 5.32 Å². The molecule has 6 rings (SSSR count). The van der Waals surface area contributed by atoms with Crippen LogP contribution in [0.4, 0.5) is 10.1 Å². The number of H-pyrrole nitrogens is 2. The van der Waals surface area contributed by atoms with Gasteiger partial charge in [0.15, 0.2) is 0 Å². The van der Waals surface area contributed by atoms with Crippen LogP contribution in [0.1, 0.15) is 25.8 Å². The van der Waals surface area contributed by atoms with Crippen molar-refractivity contribution >= 4 is 43.2 Å². The fraction of sp³-hybridized carbons (Fsp3) is 0.212. The number of halogens is 1. The molecule has 0 fully saturated rings. The number of rotatable bonds is 9. The van der Waals surface area contributed by atoms with Gasteiger partial charge in [-0.15, -0.1) is 0 Å². The normalized spacial score (nSPS) is 11.9. The first-order chi connectivity index (χ1) is 21.0. The van der Waals surface area contributed by atoms with E-state index < -0.39 is 15.7 Å². The van der Waals surface area contributed by atoms with E-state index in [4.69, 9.17) is 0 Å². The summed E-state index contributed by atoms with van der Waals surface area (Å²) in [5.41, 5.74) is 7.16. The van der Waals surface area contributed by atoms with Crippen molar-refractivity contribution in [3.63, 3.8) is 0 Å². The lowest BCUT2D eigenvalue weighted by molar-refractivity contribution is -0.116. The summed E-state index contributed by atoms with van der Waals surface area (Å²) in [4.78, 5) is 24.6. The van der Waals surface area contributed by atoms with E-state index in [1.54, 1.807) is 18.6 Å². The van der Waals surface area contributed by atoms with Gasteiger partial charge < -0.3 is 10.3 Å². The third-order valence-corrected chi connectivity index (χ3v) is 8.25. The Kier molecular flexibility index (Phi) is 7.73. The number of fused-ring (bicyclic) bond motifs is 2. The molecular formula is C33H31FN6O3S. The van der Waals surface area contributed by atoms with Crippen molar-refractivity contribution in [1.29, 1.82) is 0 Å². The van der Waals surface area contributed by atoms with Crippen LogP contribution in [0.25, 0.3) is 55.6 Å². The lowest BCUT2D eigenvalue weighted by Crippen LogP contribution is -2.13. The van der Waals surface area contributed by atoms with Crippen LogP contribution in [0.15, 0.2) is 73.2 Å². The molecule has 4 aromatic heterocycles. The van der Waals surface area contributed by atoms with Gasteiger partial charge in [0.25, 0.3) is 0 Å². The summed E-state index contributed by atoms with van der Waals surface area (Å²) in [6.45, 7) is 3.98. The Bertz CT molecular complexity index is 2130. The summed E-state index contributed by atoms with van der Waals surface area (Å²) in [6.07, 6.45) is 6.85. The molecule has 1 amide bonds. The highest BCUT2D eigenvalue weighted by Gasteiger charge is 2.16. The maximum absolute atomic E-state index is 14.6. The number of nitrogens with zero attached hydrogens (tertiary/aromatic N) is 3. The molecule has 3 N–H and O–H groups in total. The molecule has 9 nitrogen and oxygen atoms in total. The second-order valence-electron chi connectivity index (χ2n) is 11.5. The Morgan fingerprint density at radius 1 is 0.977 bits per heavy atom. The molecule has 0 unspecified atom stereocenters. The van der Waals surface area contributed by atoms with Gasteiger partial charge in [-0.1, -0.05) is 32.0 Å². The summed E-state index contributed by atoms with van der Waals surface area (Å²) in [5, 5.41) is 12.2. The van der Waals surface area contributed by atoms with Gasteiger partial charge in [0.05, 0.1) is 40.7 Å². The summed E-state index contributed by atoms with van der Waals surface area (Å²) >= 11 is 0. The van der Waals surface area contributed by atoms with E-state index in [9.17, 15) is 17.6 Å². The Balaban J connectivity index is 1.36. The molecule has 44 heavy (non-hydrogen) atoms. The molecule has 0 atom stereocenters. The number of nitrogens with one attached hydrogen (secondary N) is 3. The van der Waals surface area contributed by atoms with Gasteiger partial charge in [0, 0.05) is 40.7 Å². The summed E-state index contributed by atoms with van der Waals surface area (Å²) < 4.78 is 38.0. The second kappa shape index (κ2) is 11.6. The zero-order valence-electron chi connectivity index (χ0n) is 24.5. The number of carbonyl (C=O) groups is 1. The first-order valence-corrected chi connectivity index (χ1v) is 16.3. The highest BCUT2D eigenvalue weighted by atomic mass is 32.2. The number of aromatic amines is 2. The molecule has 2 aromatic carbocycles. The Hall–Kier alpha value is -4.90. The number of amides is 1. The van der Waals surface area contributed by atoms with Gasteiger partial charge in [-0.25, -0.2) is 12.8 Å². The molecule has 0 aliphatic heterocycles. The third kappa shape index (κ3) is 6.37. The number of carbonyl (C=O) groups excluding carboxylic acids is 1. The zero-order chi connectivity index (χ0) is 31.0. The molecule has 224 valence electrons. The monoisotopic (exact) mass is 610 g/mol. The maximum atomic E-state index is 14.6. The molecule has 11 heteroatoms. The highest BCUT2D eigenvalue weighted by Crippen LogP contribution is 2.35. The largest absolute Gasteiger partial charge is 0.353 e. The number of anilines is 1. The van der Waals surface area contributed by atoms with Crippen molar-refractivity contribution in [1.82, 2.24) is 25.1 Å². The van der Waals surface area contributed by atoms with Crippen LogP contribution in [0.2, 0.25) is 0 Å². The van der Waals surface area contributed by atoms with Gasteiger partial charge in [-0.2, -0.15) is 5.10 Å². The van der Waals surface area contributed by atoms with Crippen molar-refractivity contribution in [2.24, 2.45) is 5.92 Å². The fourth-order valence-corrected chi connectivity index (χ4v) is 5.91. The van der Waals surface area contributed by atoms with E-state index in [0.29, 0.717) is 34.6 Å². The van der Waals surface area contributed by atoms with E-state index in [2.05, 4.69) is 30.5 Å². The topological polar surface area (TPSA) is 133 Å². The number of hydrogen-bond donors (Lipinski definition) is 3. The van der Waals surface area contributed by atoms with Crippen molar-refractivity contribution in [3.8, 4) is 33.8 Å². The van der Waals surface area contributed by atoms with Gasteiger partial charge in [0.2, 0.25) is 5.91 Å². The number of aromatic nitrogens is 5. The first kappa shape index (κ1) is 29.2. The first-order valence-electron chi connectivity index (χ1n) is 14.2. The van der Waals surface area contributed by atoms with Crippen LogP contribution in [0.3, 0.4) is 0 Å². The number of aryl methyl sites for hydroxylation is 1. The summed E-state index contributed by atoms with van der Waals surface area (Å²) in [5.74, 6) is -0.296. The quantitative estimate of drug-likeness (QED) is 0.170. The SMILES string of the molecule is CC(C)CC(=O)Nc1cncc(-c2cc3c(-c4cc5c(-c6cc(F)cc(CCS(C)(=O)=O)c6)cccc5[nH]4)n[nH]c3cn2)c1. The molecule has 0 spiro atoms. The van der Waals surface area contributed by atoms with E-state index >= 15 is 0 Å². The van der Waals surface area contributed by atoms with Gasteiger partial charge in [-0.05, 0) is 65.4 Å².